The molecular weight excluding hydrogens is 272 g/mol. The summed E-state index contributed by atoms with van der Waals surface area (Å²) in [6.45, 7) is 3.13. The Hall–Kier alpha value is -1.99. The average molecular weight is 283 g/mol. The lowest BCUT2D eigenvalue weighted by atomic mass is 10.2. The molecule has 2 aromatic rings. The van der Waals surface area contributed by atoms with E-state index in [1.54, 1.807) is 0 Å². The van der Waals surface area contributed by atoms with E-state index in [1.165, 1.54) is 18.2 Å². The molecule has 0 bridgehead atoms. The zero-order valence-corrected chi connectivity index (χ0v) is 10.8. The predicted octanol–water partition coefficient (Wildman–Crippen LogP) is 2.41. The van der Waals surface area contributed by atoms with E-state index in [-0.39, 0.29) is 22.2 Å². The normalized spacial score (nSPS) is 10.6. The molecular formula is C11H11ClN4O3. The quantitative estimate of drug-likeness (QED) is 0.668. The van der Waals surface area contributed by atoms with Crippen LogP contribution in [0.2, 0.25) is 5.02 Å². The van der Waals surface area contributed by atoms with Crippen LogP contribution >= 0.6 is 11.6 Å². The second kappa shape index (κ2) is 5.77. The lowest BCUT2D eigenvalue weighted by Gasteiger charge is -1.98. The van der Waals surface area contributed by atoms with Gasteiger partial charge in [-0.15, -0.1) is 10.2 Å². The van der Waals surface area contributed by atoms with Crippen LogP contribution in [0.4, 0.5) is 5.69 Å². The largest absolute Gasteiger partial charge is 0.419 e. The predicted molar refractivity (Wildman–Crippen MR) is 68.8 cm³/mol. The third-order valence-corrected chi connectivity index (χ3v) is 2.62. The van der Waals surface area contributed by atoms with Crippen molar-refractivity contribution < 1.29 is 9.34 Å². The molecule has 19 heavy (non-hydrogen) atoms. The number of nitro groups is 1. The molecule has 1 aromatic carbocycles. The fourth-order valence-corrected chi connectivity index (χ4v) is 1.67. The molecule has 1 heterocycles. The Morgan fingerprint density at radius 1 is 1.47 bits per heavy atom. The molecule has 0 unspecified atom stereocenters. The fourth-order valence-electron chi connectivity index (χ4n) is 1.50. The number of hydrogen-bond acceptors (Lipinski definition) is 6. The van der Waals surface area contributed by atoms with Crippen molar-refractivity contribution in [2.75, 3.05) is 6.54 Å². The van der Waals surface area contributed by atoms with Gasteiger partial charge < -0.3 is 9.73 Å². The Kier molecular flexibility index (Phi) is 4.08. The maximum Gasteiger partial charge on any atom is 0.283 e. The van der Waals surface area contributed by atoms with E-state index in [9.17, 15) is 10.1 Å². The van der Waals surface area contributed by atoms with Gasteiger partial charge in [0.1, 0.15) is 5.56 Å². The summed E-state index contributed by atoms with van der Waals surface area (Å²) in [5, 5.41) is 21.9. The first-order valence-electron chi connectivity index (χ1n) is 5.59. The second-order valence-corrected chi connectivity index (χ2v) is 4.14. The molecule has 100 valence electrons. The molecule has 8 heteroatoms. The number of nitrogens with one attached hydrogen (secondary N) is 1. The summed E-state index contributed by atoms with van der Waals surface area (Å²) in [4.78, 5) is 10.4. The highest BCUT2D eigenvalue weighted by molar-refractivity contribution is 6.30. The lowest BCUT2D eigenvalue weighted by Crippen LogP contribution is -2.11. The number of halogens is 1. The molecule has 0 radical (unpaired) electrons. The molecule has 0 saturated heterocycles. The topological polar surface area (TPSA) is 94.1 Å². The third kappa shape index (κ3) is 3.07. The highest BCUT2D eigenvalue weighted by atomic mass is 35.5. The molecule has 0 aliphatic rings. The van der Waals surface area contributed by atoms with Crippen LogP contribution in [-0.4, -0.2) is 21.7 Å². The molecule has 0 aliphatic carbocycles. The van der Waals surface area contributed by atoms with E-state index in [0.717, 1.165) is 6.54 Å². The summed E-state index contributed by atoms with van der Waals surface area (Å²) >= 11 is 5.74. The summed E-state index contributed by atoms with van der Waals surface area (Å²) in [5.74, 6) is 0.484. The van der Waals surface area contributed by atoms with Crippen molar-refractivity contribution in [1.29, 1.82) is 0 Å². The van der Waals surface area contributed by atoms with Crippen LogP contribution in [0, 0.1) is 10.1 Å². The number of rotatable bonds is 5. The number of aromatic nitrogens is 2. The average Bonchev–Trinajstić information content (AvgIpc) is 2.84. The molecule has 2 rings (SSSR count). The SMILES string of the molecule is CCNCc1nnc(-c2ccc(Cl)cc2[N+](=O)[O-])o1. The van der Waals surface area contributed by atoms with E-state index < -0.39 is 4.92 Å². The number of hydrogen-bond donors (Lipinski definition) is 1. The Balaban J connectivity index is 2.36. The minimum absolute atomic E-state index is 0.108. The molecule has 1 aromatic heterocycles. The van der Waals surface area contributed by atoms with Crippen molar-refractivity contribution in [3.63, 3.8) is 0 Å². The van der Waals surface area contributed by atoms with Gasteiger partial charge in [-0.2, -0.15) is 0 Å². The summed E-state index contributed by atoms with van der Waals surface area (Å²) in [6, 6.07) is 4.29. The molecule has 0 amide bonds. The fraction of sp³-hybridized carbons (Fsp3) is 0.273. The van der Waals surface area contributed by atoms with E-state index in [2.05, 4.69) is 15.5 Å². The van der Waals surface area contributed by atoms with Gasteiger partial charge in [-0.05, 0) is 18.7 Å². The van der Waals surface area contributed by atoms with Crippen LogP contribution < -0.4 is 5.32 Å². The minimum Gasteiger partial charge on any atom is -0.419 e. The molecule has 0 spiro atoms. The molecule has 0 aliphatic heterocycles. The highest BCUT2D eigenvalue weighted by Crippen LogP contribution is 2.31. The first-order chi connectivity index (χ1) is 9.11. The van der Waals surface area contributed by atoms with E-state index >= 15 is 0 Å². The van der Waals surface area contributed by atoms with Crippen LogP contribution in [0.15, 0.2) is 22.6 Å². The van der Waals surface area contributed by atoms with Crippen molar-refractivity contribution in [3.8, 4) is 11.5 Å². The zero-order valence-electron chi connectivity index (χ0n) is 10.1. The summed E-state index contributed by atoms with van der Waals surface area (Å²) < 4.78 is 5.37. The zero-order chi connectivity index (χ0) is 13.8. The van der Waals surface area contributed by atoms with Gasteiger partial charge in [0.25, 0.3) is 11.6 Å². The lowest BCUT2D eigenvalue weighted by molar-refractivity contribution is -0.384. The van der Waals surface area contributed by atoms with Gasteiger partial charge in [0.15, 0.2) is 0 Å². The molecule has 0 saturated carbocycles. The maximum atomic E-state index is 11.0. The monoisotopic (exact) mass is 282 g/mol. The summed E-state index contributed by atoms with van der Waals surface area (Å²) in [5.41, 5.74) is 0.0933. The molecule has 7 nitrogen and oxygen atoms in total. The Morgan fingerprint density at radius 2 is 2.26 bits per heavy atom. The smallest absolute Gasteiger partial charge is 0.283 e. The van der Waals surface area contributed by atoms with Crippen molar-refractivity contribution in [2.24, 2.45) is 0 Å². The standard InChI is InChI=1S/C11H11ClN4O3/c1-2-13-6-10-14-15-11(19-10)8-4-3-7(12)5-9(8)16(17)18/h3-5,13H,2,6H2,1H3. The summed E-state index contributed by atoms with van der Waals surface area (Å²) in [7, 11) is 0. The van der Waals surface area contributed by atoms with Crippen LogP contribution in [-0.2, 0) is 6.54 Å². The van der Waals surface area contributed by atoms with Crippen molar-refractivity contribution in [3.05, 3.63) is 39.2 Å². The summed E-state index contributed by atoms with van der Waals surface area (Å²) in [6.07, 6.45) is 0. The number of nitro benzene ring substituents is 1. The van der Waals surface area contributed by atoms with Crippen molar-refractivity contribution in [2.45, 2.75) is 13.5 Å². The van der Waals surface area contributed by atoms with Crippen LogP contribution in [0.25, 0.3) is 11.5 Å². The van der Waals surface area contributed by atoms with Gasteiger partial charge in [-0.25, -0.2) is 0 Å². The Morgan fingerprint density at radius 3 is 2.95 bits per heavy atom. The van der Waals surface area contributed by atoms with Gasteiger partial charge in [-0.3, -0.25) is 10.1 Å². The third-order valence-electron chi connectivity index (χ3n) is 2.38. The van der Waals surface area contributed by atoms with Crippen molar-refractivity contribution >= 4 is 17.3 Å². The van der Waals surface area contributed by atoms with Gasteiger partial charge in [-0.1, -0.05) is 18.5 Å². The van der Waals surface area contributed by atoms with Gasteiger partial charge >= 0.3 is 0 Å². The number of benzene rings is 1. The Labute approximate surface area is 113 Å². The molecule has 1 N–H and O–H groups in total. The van der Waals surface area contributed by atoms with Gasteiger partial charge in [0.2, 0.25) is 5.89 Å². The second-order valence-electron chi connectivity index (χ2n) is 3.70. The molecule has 0 fully saturated rings. The minimum atomic E-state index is -0.532. The first kappa shape index (κ1) is 13.4. The van der Waals surface area contributed by atoms with E-state index in [4.69, 9.17) is 16.0 Å². The van der Waals surface area contributed by atoms with E-state index in [1.807, 2.05) is 6.92 Å². The Bertz CT molecular complexity index is 599. The van der Waals surface area contributed by atoms with Crippen molar-refractivity contribution in [1.82, 2.24) is 15.5 Å². The van der Waals surface area contributed by atoms with Crippen LogP contribution in [0.5, 0.6) is 0 Å². The van der Waals surface area contributed by atoms with Gasteiger partial charge in [0, 0.05) is 11.1 Å². The van der Waals surface area contributed by atoms with Gasteiger partial charge in [0.05, 0.1) is 11.5 Å². The van der Waals surface area contributed by atoms with Crippen LogP contribution in [0.1, 0.15) is 12.8 Å². The number of nitrogens with zero attached hydrogens (tertiary/aromatic N) is 3. The first-order valence-corrected chi connectivity index (χ1v) is 5.97. The van der Waals surface area contributed by atoms with Crippen LogP contribution in [0.3, 0.4) is 0 Å². The maximum absolute atomic E-state index is 11.0. The molecule has 0 atom stereocenters. The van der Waals surface area contributed by atoms with E-state index in [0.29, 0.717) is 12.4 Å². The highest BCUT2D eigenvalue weighted by Gasteiger charge is 2.20.